The molecule has 5 nitrogen and oxygen atoms in total. The quantitative estimate of drug-likeness (QED) is 0.663. The molecule has 0 bridgehead atoms. The van der Waals surface area contributed by atoms with Crippen LogP contribution in [-0.4, -0.2) is 67.6 Å². The van der Waals surface area contributed by atoms with E-state index in [2.05, 4.69) is 39.4 Å². The number of hydrogen-bond donors (Lipinski definition) is 1. The van der Waals surface area contributed by atoms with Crippen LogP contribution >= 0.6 is 0 Å². The molecule has 2 heterocycles. The van der Waals surface area contributed by atoms with Crippen LogP contribution in [0, 0.1) is 6.92 Å². The molecule has 2 aliphatic heterocycles. The number of para-hydroxylation sites is 1. The fraction of sp³-hybridized carbons (Fsp3) is 0.500. The third-order valence-electron chi connectivity index (χ3n) is 6.90. The number of nitrogens with one attached hydrogen (secondary N) is 1. The van der Waals surface area contributed by atoms with Crippen LogP contribution in [0.1, 0.15) is 30.4 Å². The summed E-state index contributed by atoms with van der Waals surface area (Å²) in [5.74, 6) is 0.165. The largest absolute Gasteiger partial charge is 0.416 e. The fourth-order valence-corrected chi connectivity index (χ4v) is 4.81. The number of hydrogen-bond acceptors (Lipinski definition) is 4. The van der Waals surface area contributed by atoms with E-state index >= 15 is 0 Å². The molecule has 4 rings (SSSR count). The first-order valence-corrected chi connectivity index (χ1v) is 12.0. The Bertz CT molecular complexity index is 950. The van der Waals surface area contributed by atoms with Gasteiger partial charge in [0.1, 0.15) is 0 Å². The molecule has 2 aromatic carbocycles. The molecule has 2 saturated heterocycles. The Labute approximate surface area is 199 Å². The van der Waals surface area contributed by atoms with Gasteiger partial charge in [-0.05, 0) is 49.6 Å². The van der Waals surface area contributed by atoms with E-state index in [1.54, 1.807) is 6.07 Å². The summed E-state index contributed by atoms with van der Waals surface area (Å²) in [6.07, 6.45) is -2.38. The van der Waals surface area contributed by atoms with Crippen molar-refractivity contribution in [2.45, 2.75) is 38.4 Å². The number of aryl methyl sites for hydroxylation is 1. The average molecular weight is 475 g/mol. The first kappa shape index (κ1) is 24.4. The highest BCUT2D eigenvalue weighted by Gasteiger charge is 2.33. The van der Waals surface area contributed by atoms with E-state index in [0.29, 0.717) is 25.2 Å². The van der Waals surface area contributed by atoms with Gasteiger partial charge in [0, 0.05) is 69.7 Å². The average Bonchev–Trinajstić information content (AvgIpc) is 2.84. The summed E-state index contributed by atoms with van der Waals surface area (Å²) < 4.78 is 39.5. The zero-order valence-corrected chi connectivity index (χ0v) is 19.7. The Kier molecular flexibility index (Phi) is 7.66. The lowest BCUT2D eigenvalue weighted by Crippen LogP contribution is -2.48. The first-order chi connectivity index (χ1) is 16.3. The highest BCUT2D eigenvalue weighted by atomic mass is 19.4. The molecular weight excluding hydrogens is 441 g/mol. The molecule has 1 N–H and O–H groups in total. The molecule has 2 fully saturated rings. The number of alkyl halides is 3. The number of piperazine rings is 1. The molecule has 2 aromatic rings. The van der Waals surface area contributed by atoms with Gasteiger partial charge in [0.05, 0.1) is 5.56 Å². The van der Waals surface area contributed by atoms with Crippen LogP contribution in [0.2, 0.25) is 0 Å². The molecular formula is C26H33F3N4O. The maximum absolute atomic E-state index is 13.2. The van der Waals surface area contributed by atoms with E-state index in [-0.39, 0.29) is 17.5 Å². The van der Waals surface area contributed by atoms with Crippen molar-refractivity contribution in [1.82, 2.24) is 9.80 Å². The predicted molar refractivity (Wildman–Crippen MR) is 129 cm³/mol. The molecule has 0 spiro atoms. The lowest BCUT2D eigenvalue weighted by molar-refractivity contribution is -0.138. The molecule has 1 amide bonds. The molecule has 0 saturated carbocycles. The lowest BCUT2D eigenvalue weighted by atomic mass is 10.0. The van der Waals surface area contributed by atoms with Crippen molar-refractivity contribution in [3.05, 3.63) is 59.7 Å². The van der Waals surface area contributed by atoms with Crippen LogP contribution in [0.25, 0.3) is 0 Å². The molecule has 34 heavy (non-hydrogen) atoms. The molecule has 0 radical (unpaired) electrons. The van der Waals surface area contributed by atoms with Crippen LogP contribution in [0.15, 0.2) is 48.5 Å². The van der Waals surface area contributed by atoms with Crippen LogP contribution in [0.3, 0.4) is 0 Å². The van der Waals surface area contributed by atoms with Crippen LogP contribution < -0.4 is 10.2 Å². The maximum atomic E-state index is 13.2. The number of nitrogens with zero attached hydrogens (tertiary/aromatic N) is 3. The zero-order valence-electron chi connectivity index (χ0n) is 19.7. The molecule has 8 heteroatoms. The van der Waals surface area contributed by atoms with E-state index < -0.39 is 11.7 Å². The minimum Gasteiger partial charge on any atom is -0.382 e. The Morgan fingerprint density at radius 2 is 1.65 bits per heavy atom. The van der Waals surface area contributed by atoms with Gasteiger partial charge in [-0.2, -0.15) is 13.2 Å². The number of carbonyl (C=O) groups is 1. The minimum atomic E-state index is -4.36. The van der Waals surface area contributed by atoms with Gasteiger partial charge in [-0.1, -0.05) is 24.3 Å². The van der Waals surface area contributed by atoms with Crippen molar-refractivity contribution in [1.29, 1.82) is 0 Å². The normalized spacial score (nSPS) is 18.2. The highest BCUT2D eigenvalue weighted by Crippen LogP contribution is 2.34. The molecule has 184 valence electrons. The number of amides is 1. The molecule has 0 atom stereocenters. The monoisotopic (exact) mass is 474 g/mol. The van der Waals surface area contributed by atoms with Gasteiger partial charge in [-0.25, -0.2) is 0 Å². The SMILES string of the molecule is Cc1ccc(NC2CCN(C(=O)CCN3CCN(c4ccccc4)CC3)CC2)cc1C(F)(F)F. The number of likely N-dealkylation sites (tertiary alicyclic amines) is 1. The van der Waals surface area contributed by atoms with Crippen molar-refractivity contribution in [3.8, 4) is 0 Å². The second kappa shape index (κ2) is 10.7. The molecule has 0 unspecified atom stereocenters. The van der Waals surface area contributed by atoms with E-state index in [9.17, 15) is 18.0 Å². The van der Waals surface area contributed by atoms with Crippen LogP contribution in [-0.2, 0) is 11.0 Å². The first-order valence-electron chi connectivity index (χ1n) is 12.0. The summed E-state index contributed by atoms with van der Waals surface area (Å²) in [4.78, 5) is 19.4. The molecule has 0 aliphatic carbocycles. The van der Waals surface area contributed by atoms with Crippen LogP contribution in [0.4, 0.5) is 24.5 Å². The predicted octanol–water partition coefficient (Wildman–Crippen LogP) is 4.63. The number of rotatable bonds is 6. The molecule has 0 aromatic heterocycles. The van der Waals surface area contributed by atoms with Gasteiger partial charge in [-0.15, -0.1) is 0 Å². The lowest BCUT2D eigenvalue weighted by Gasteiger charge is -2.37. The second-order valence-electron chi connectivity index (χ2n) is 9.24. The number of halogens is 3. The van der Waals surface area contributed by atoms with Gasteiger partial charge in [0.25, 0.3) is 0 Å². The second-order valence-corrected chi connectivity index (χ2v) is 9.24. The van der Waals surface area contributed by atoms with Gasteiger partial charge >= 0.3 is 6.18 Å². The third-order valence-corrected chi connectivity index (χ3v) is 6.90. The van der Waals surface area contributed by atoms with Crippen molar-refractivity contribution in [2.75, 3.05) is 56.0 Å². The van der Waals surface area contributed by atoms with E-state index in [0.717, 1.165) is 45.6 Å². The van der Waals surface area contributed by atoms with Gasteiger partial charge < -0.3 is 15.1 Å². The Hall–Kier alpha value is -2.74. The van der Waals surface area contributed by atoms with Crippen molar-refractivity contribution >= 4 is 17.3 Å². The summed E-state index contributed by atoms with van der Waals surface area (Å²) in [5, 5.41) is 3.23. The van der Waals surface area contributed by atoms with Gasteiger partial charge in [0.2, 0.25) is 5.91 Å². The summed E-state index contributed by atoms with van der Waals surface area (Å²) in [6, 6.07) is 14.8. The topological polar surface area (TPSA) is 38.8 Å². The Morgan fingerprint density at radius 3 is 2.29 bits per heavy atom. The standard InChI is InChI=1S/C26H33F3N4O/c1-20-7-8-22(19-24(20)26(27,28)29)30-21-9-13-33(14-10-21)25(34)11-12-31-15-17-32(18-16-31)23-5-3-2-4-6-23/h2-8,19,21,30H,9-18H2,1H3. The van der Waals surface area contributed by atoms with E-state index in [1.807, 2.05) is 11.0 Å². The highest BCUT2D eigenvalue weighted by molar-refractivity contribution is 5.76. The smallest absolute Gasteiger partial charge is 0.382 e. The summed E-state index contributed by atoms with van der Waals surface area (Å²) in [5.41, 5.74) is 1.35. The molecule has 2 aliphatic rings. The van der Waals surface area contributed by atoms with Crippen molar-refractivity contribution in [2.24, 2.45) is 0 Å². The Morgan fingerprint density at radius 1 is 0.971 bits per heavy atom. The van der Waals surface area contributed by atoms with Crippen LogP contribution in [0.5, 0.6) is 0 Å². The summed E-state index contributed by atoms with van der Waals surface area (Å²) >= 11 is 0. The number of piperidine rings is 1. The minimum absolute atomic E-state index is 0.0684. The maximum Gasteiger partial charge on any atom is 0.416 e. The van der Waals surface area contributed by atoms with Gasteiger partial charge in [0.15, 0.2) is 0 Å². The fourth-order valence-electron chi connectivity index (χ4n) is 4.81. The number of anilines is 2. The van der Waals surface area contributed by atoms with Crippen molar-refractivity contribution < 1.29 is 18.0 Å². The number of carbonyl (C=O) groups excluding carboxylic acids is 1. The number of benzene rings is 2. The summed E-state index contributed by atoms with van der Waals surface area (Å²) in [7, 11) is 0. The third kappa shape index (κ3) is 6.23. The summed E-state index contributed by atoms with van der Waals surface area (Å²) in [6.45, 7) is 7.33. The zero-order chi connectivity index (χ0) is 24.1. The van der Waals surface area contributed by atoms with Gasteiger partial charge in [-0.3, -0.25) is 9.69 Å². The van der Waals surface area contributed by atoms with E-state index in [4.69, 9.17) is 0 Å². The van der Waals surface area contributed by atoms with Crippen molar-refractivity contribution in [3.63, 3.8) is 0 Å². The van der Waals surface area contributed by atoms with E-state index in [1.165, 1.54) is 24.7 Å². The Balaban J connectivity index is 1.18.